The van der Waals surface area contributed by atoms with Gasteiger partial charge in [-0.1, -0.05) is 43.3 Å². The van der Waals surface area contributed by atoms with E-state index in [-0.39, 0.29) is 5.82 Å². The highest BCUT2D eigenvalue weighted by Crippen LogP contribution is 2.24. The number of halogens is 1. The Bertz CT molecular complexity index is 713. The molecule has 0 bridgehead atoms. The predicted octanol–water partition coefficient (Wildman–Crippen LogP) is 5.36. The van der Waals surface area contributed by atoms with E-state index in [4.69, 9.17) is 5.41 Å². The smallest absolute Gasteiger partial charge is 0.123 e. The molecule has 0 atom stereocenters. The highest BCUT2D eigenvalue weighted by molar-refractivity contribution is 6.23. The molecule has 22 heavy (non-hydrogen) atoms. The fourth-order valence-electron chi connectivity index (χ4n) is 2.69. The molecule has 0 radical (unpaired) electrons. The van der Waals surface area contributed by atoms with Gasteiger partial charge in [-0.2, -0.15) is 0 Å². The molecular weight excluding hydrogens is 273 g/mol. The Hall–Kier alpha value is -2.22. The van der Waals surface area contributed by atoms with Crippen molar-refractivity contribution >= 4 is 11.3 Å². The average Bonchev–Trinajstić information content (AvgIpc) is 2.50. The van der Waals surface area contributed by atoms with E-state index in [0.29, 0.717) is 12.1 Å². The van der Waals surface area contributed by atoms with Gasteiger partial charge >= 0.3 is 0 Å². The maximum absolute atomic E-state index is 13.6. The van der Waals surface area contributed by atoms with Gasteiger partial charge in [-0.05, 0) is 60.2 Å². The first-order valence-electron chi connectivity index (χ1n) is 7.64. The van der Waals surface area contributed by atoms with Crippen molar-refractivity contribution in [2.75, 3.05) is 0 Å². The quantitative estimate of drug-likeness (QED) is 0.718. The van der Waals surface area contributed by atoms with Gasteiger partial charge < -0.3 is 5.41 Å². The Morgan fingerprint density at radius 3 is 2.50 bits per heavy atom. The van der Waals surface area contributed by atoms with Crippen LogP contribution in [-0.2, 0) is 12.8 Å². The Labute approximate surface area is 132 Å². The number of rotatable bonds is 5. The van der Waals surface area contributed by atoms with Crippen LogP contribution in [0.15, 0.2) is 48.5 Å². The molecule has 2 aromatic carbocycles. The molecule has 2 heteroatoms. The average molecular weight is 295 g/mol. The number of nitrogens with one attached hydrogen (secondary N) is 1. The lowest BCUT2D eigenvalue weighted by molar-refractivity contribution is 0.626. The summed E-state index contributed by atoms with van der Waals surface area (Å²) in [5.74, 6) is -0.254. The molecule has 0 aromatic heterocycles. The van der Waals surface area contributed by atoms with Crippen molar-refractivity contribution in [3.05, 3.63) is 76.6 Å². The fourth-order valence-corrected chi connectivity index (χ4v) is 2.69. The van der Waals surface area contributed by atoms with E-state index in [9.17, 15) is 4.39 Å². The zero-order valence-electron chi connectivity index (χ0n) is 13.4. The van der Waals surface area contributed by atoms with Crippen LogP contribution in [0.3, 0.4) is 0 Å². The minimum Gasteiger partial charge on any atom is -0.304 e. The molecule has 2 aromatic rings. The summed E-state index contributed by atoms with van der Waals surface area (Å²) in [7, 11) is 0. The number of benzene rings is 2. The summed E-state index contributed by atoms with van der Waals surface area (Å²) in [4.78, 5) is 0. The first-order chi connectivity index (χ1) is 10.6. The standard InChI is InChI=1S/C20H22FN/c1-4-15-10-11-17(21)13-19(15)18(5-2)20(22)12-16-9-7-6-8-14(16)3/h5-11,13,22H,4,12H2,1-3H3/b18-5+,22-20?. The van der Waals surface area contributed by atoms with Gasteiger partial charge in [0.05, 0.1) is 0 Å². The summed E-state index contributed by atoms with van der Waals surface area (Å²) in [6.45, 7) is 6.01. The van der Waals surface area contributed by atoms with E-state index < -0.39 is 0 Å². The van der Waals surface area contributed by atoms with Crippen LogP contribution in [0.25, 0.3) is 5.57 Å². The van der Waals surface area contributed by atoms with Crippen molar-refractivity contribution in [3.8, 4) is 0 Å². The molecule has 0 unspecified atom stereocenters. The topological polar surface area (TPSA) is 23.9 Å². The van der Waals surface area contributed by atoms with Gasteiger partial charge in [0.1, 0.15) is 5.82 Å². The second-order valence-electron chi connectivity index (χ2n) is 5.44. The van der Waals surface area contributed by atoms with Gasteiger partial charge in [0.15, 0.2) is 0 Å². The van der Waals surface area contributed by atoms with Gasteiger partial charge in [-0.25, -0.2) is 4.39 Å². The summed E-state index contributed by atoms with van der Waals surface area (Å²) in [6.07, 6.45) is 3.30. The van der Waals surface area contributed by atoms with Crippen LogP contribution in [0.1, 0.15) is 36.1 Å². The van der Waals surface area contributed by atoms with Gasteiger partial charge in [0, 0.05) is 12.1 Å². The second-order valence-corrected chi connectivity index (χ2v) is 5.44. The van der Waals surface area contributed by atoms with Crippen LogP contribution in [0.2, 0.25) is 0 Å². The predicted molar refractivity (Wildman–Crippen MR) is 92.0 cm³/mol. The number of allylic oxidation sites excluding steroid dienone is 2. The van der Waals surface area contributed by atoms with E-state index in [1.54, 1.807) is 6.07 Å². The van der Waals surface area contributed by atoms with E-state index in [1.807, 2.05) is 37.3 Å². The molecule has 0 spiro atoms. The summed E-state index contributed by atoms with van der Waals surface area (Å²) in [6, 6.07) is 12.9. The molecule has 0 aliphatic heterocycles. The molecule has 0 saturated heterocycles. The third-order valence-corrected chi connectivity index (χ3v) is 3.99. The van der Waals surface area contributed by atoms with Crippen LogP contribution in [0.5, 0.6) is 0 Å². The minimum absolute atomic E-state index is 0.254. The molecule has 0 saturated carbocycles. The molecule has 0 fully saturated rings. The molecule has 2 rings (SSSR count). The zero-order valence-corrected chi connectivity index (χ0v) is 13.4. The summed E-state index contributed by atoms with van der Waals surface area (Å²) in [5, 5.41) is 8.47. The van der Waals surface area contributed by atoms with Gasteiger partial charge in [-0.3, -0.25) is 0 Å². The highest BCUT2D eigenvalue weighted by atomic mass is 19.1. The monoisotopic (exact) mass is 295 g/mol. The van der Waals surface area contributed by atoms with Crippen molar-refractivity contribution in [2.24, 2.45) is 0 Å². The Balaban J connectivity index is 2.35. The van der Waals surface area contributed by atoms with Crippen molar-refractivity contribution in [2.45, 2.75) is 33.6 Å². The molecule has 0 aliphatic carbocycles. The van der Waals surface area contributed by atoms with Crippen LogP contribution >= 0.6 is 0 Å². The van der Waals surface area contributed by atoms with Crippen LogP contribution in [0.4, 0.5) is 4.39 Å². The van der Waals surface area contributed by atoms with E-state index in [0.717, 1.165) is 28.7 Å². The molecule has 114 valence electrons. The van der Waals surface area contributed by atoms with Crippen molar-refractivity contribution < 1.29 is 4.39 Å². The fraction of sp³-hybridized carbons (Fsp3) is 0.250. The van der Waals surface area contributed by atoms with E-state index >= 15 is 0 Å². The summed E-state index contributed by atoms with van der Waals surface area (Å²) < 4.78 is 13.6. The van der Waals surface area contributed by atoms with Crippen molar-refractivity contribution in [3.63, 3.8) is 0 Å². The lowest BCUT2D eigenvalue weighted by Gasteiger charge is -2.14. The highest BCUT2D eigenvalue weighted by Gasteiger charge is 2.13. The third kappa shape index (κ3) is 3.51. The molecule has 0 amide bonds. The number of aryl methyl sites for hydroxylation is 2. The summed E-state index contributed by atoms with van der Waals surface area (Å²) >= 11 is 0. The SMILES string of the molecule is C/C=C(/C(=N)Cc1ccccc1C)c1cc(F)ccc1CC. The van der Waals surface area contributed by atoms with Crippen molar-refractivity contribution in [1.82, 2.24) is 0 Å². The van der Waals surface area contributed by atoms with Crippen molar-refractivity contribution in [1.29, 1.82) is 5.41 Å². The van der Waals surface area contributed by atoms with Gasteiger partial charge in [0.2, 0.25) is 0 Å². The first kappa shape index (κ1) is 16.2. The van der Waals surface area contributed by atoms with Crippen LogP contribution in [0, 0.1) is 18.2 Å². The lowest BCUT2D eigenvalue weighted by Crippen LogP contribution is -2.08. The van der Waals surface area contributed by atoms with E-state index in [2.05, 4.69) is 19.9 Å². The second kappa shape index (κ2) is 7.17. The molecular formula is C20H22FN. The molecule has 0 aliphatic rings. The zero-order chi connectivity index (χ0) is 16.1. The van der Waals surface area contributed by atoms with Gasteiger partial charge in [-0.15, -0.1) is 0 Å². The van der Waals surface area contributed by atoms with Crippen LogP contribution in [-0.4, -0.2) is 5.71 Å². The Morgan fingerprint density at radius 2 is 1.86 bits per heavy atom. The van der Waals surface area contributed by atoms with Crippen LogP contribution < -0.4 is 0 Å². The molecule has 0 heterocycles. The minimum atomic E-state index is -0.254. The maximum Gasteiger partial charge on any atom is 0.123 e. The van der Waals surface area contributed by atoms with E-state index in [1.165, 1.54) is 11.6 Å². The Kier molecular flexibility index (Phi) is 5.26. The number of hydrogen-bond donors (Lipinski definition) is 1. The van der Waals surface area contributed by atoms with Gasteiger partial charge in [0.25, 0.3) is 0 Å². The molecule has 1 nitrogen and oxygen atoms in total. The third-order valence-electron chi connectivity index (χ3n) is 3.99. The number of hydrogen-bond acceptors (Lipinski definition) is 1. The maximum atomic E-state index is 13.6. The molecule has 1 N–H and O–H groups in total. The first-order valence-corrected chi connectivity index (χ1v) is 7.64. The summed E-state index contributed by atoms with van der Waals surface area (Å²) in [5.41, 5.74) is 5.57. The Morgan fingerprint density at radius 1 is 1.14 bits per heavy atom. The normalized spacial score (nSPS) is 11.5. The largest absolute Gasteiger partial charge is 0.304 e. The lowest BCUT2D eigenvalue weighted by atomic mass is 9.91.